The normalized spacial score (nSPS) is 11.5. The minimum atomic E-state index is -0.301. The molecule has 1 atom stereocenters. The van der Waals surface area contributed by atoms with Gasteiger partial charge in [0.2, 0.25) is 0 Å². The molecule has 1 unspecified atom stereocenters. The van der Waals surface area contributed by atoms with Gasteiger partial charge in [0.1, 0.15) is 23.3 Å². The fraction of sp³-hybridized carbons (Fsp3) is 0.158. The highest BCUT2D eigenvalue weighted by molar-refractivity contribution is 5.99. The number of carbonyl (C=O) groups excluding carboxylic acids is 1. The van der Waals surface area contributed by atoms with Gasteiger partial charge in [-0.2, -0.15) is 0 Å². The van der Waals surface area contributed by atoms with Crippen LogP contribution in [0.2, 0.25) is 0 Å². The average molecular weight is 366 g/mol. The van der Waals surface area contributed by atoms with Crippen LogP contribution in [0.15, 0.2) is 55.0 Å². The molecule has 0 bridgehead atoms. The molecule has 3 aromatic rings. The topological polar surface area (TPSA) is 91.8 Å². The van der Waals surface area contributed by atoms with E-state index in [1.807, 2.05) is 6.92 Å². The first-order valence-corrected chi connectivity index (χ1v) is 8.35. The molecular weight excluding hydrogens is 347 g/mol. The fourth-order valence-electron chi connectivity index (χ4n) is 2.49. The van der Waals surface area contributed by atoms with Crippen molar-refractivity contribution in [3.8, 4) is 0 Å². The number of nitrogens with zero attached hydrogens (tertiary/aromatic N) is 3. The van der Waals surface area contributed by atoms with Crippen LogP contribution in [0.1, 0.15) is 28.9 Å². The quantitative estimate of drug-likeness (QED) is 0.620. The Bertz CT molecular complexity index is 917. The van der Waals surface area contributed by atoms with Crippen LogP contribution in [0, 0.1) is 5.82 Å². The highest BCUT2D eigenvalue weighted by Crippen LogP contribution is 2.24. The molecule has 3 N–H and O–H groups in total. The van der Waals surface area contributed by atoms with Crippen molar-refractivity contribution in [3.63, 3.8) is 0 Å². The summed E-state index contributed by atoms with van der Waals surface area (Å²) in [7, 11) is 1.56. The van der Waals surface area contributed by atoms with Crippen molar-refractivity contribution >= 4 is 23.4 Å². The average Bonchev–Trinajstić information content (AvgIpc) is 2.69. The van der Waals surface area contributed by atoms with Gasteiger partial charge in [-0.15, -0.1) is 0 Å². The Hall–Kier alpha value is -3.55. The Morgan fingerprint density at radius 1 is 1.07 bits per heavy atom. The Labute approximate surface area is 156 Å². The minimum absolute atomic E-state index is 0.187. The fourth-order valence-corrected chi connectivity index (χ4v) is 2.49. The highest BCUT2D eigenvalue weighted by atomic mass is 19.1. The summed E-state index contributed by atoms with van der Waals surface area (Å²) < 4.78 is 13.1. The molecule has 1 amide bonds. The lowest BCUT2D eigenvalue weighted by Crippen LogP contribution is -2.21. The van der Waals surface area contributed by atoms with Crippen molar-refractivity contribution in [1.82, 2.24) is 20.3 Å². The zero-order chi connectivity index (χ0) is 19.2. The van der Waals surface area contributed by atoms with Gasteiger partial charge in [-0.3, -0.25) is 9.78 Å². The summed E-state index contributed by atoms with van der Waals surface area (Å²) in [6.07, 6.45) is 4.71. The monoisotopic (exact) mass is 366 g/mol. The van der Waals surface area contributed by atoms with Crippen LogP contribution in [0.25, 0.3) is 0 Å². The lowest BCUT2D eigenvalue weighted by atomic mass is 10.1. The Morgan fingerprint density at radius 2 is 1.85 bits per heavy atom. The molecule has 0 fully saturated rings. The predicted molar refractivity (Wildman–Crippen MR) is 101 cm³/mol. The van der Waals surface area contributed by atoms with Crippen LogP contribution in [0.4, 0.5) is 21.8 Å². The van der Waals surface area contributed by atoms with Crippen LogP contribution in [-0.2, 0) is 0 Å². The van der Waals surface area contributed by atoms with Crippen molar-refractivity contribution in [1.29, 1.82) is 0 Å². The van der Waals surface area contributed by atoms with Crippen molar-refractivity contribution in [2.45, 2.75) is 13.0 Å². The first kappa shape index (κ1) is 18.2. The van der Waals surface area contributed by atoms with Crippen molar-refractivity contribution in [2.24, 2.45) is 0 Å². The molecule has 8 heteroatoms. The van der Waals surface area contributed by atoms with Gasteiger partial charge in [0.15, 0.2) is 0 Å². The lowest BCUT2D eigenvalue weighted by molar-refractivity contribution is 0.0963. The number of nitrogens with one attached hydrogen (secondary N) is 3. The maximum Gasteiger partial charge on any atom is 0.254 e. The molecular formula is C19H19FN6O. The van der Waals surface area contributed by atoms with E-state index in [4.69, 9.17) is 0 Å². The number of benzene rings is 1. The summed E-state index contributed by atoms with van der Waals surface area (Å²) in [5.41, 5.74) is 1.27. The van der Waals surface area contributed by atoms with Gasteiger partial charge < -0.3 is 16.0 Å². The Balaban J connectivity index is 1.88. The molecule has 2 heterocycles. The Morgan fingerprint density at radius 3 is 2.52 bits per heavy atom. The largest absolute Gasteiger partial charge is 0.363 e. The van der Waals surface area contributed by atoms with Crippen LogP contribution in [-0.4, -0.2) is 27.9 Å². The van der Waals surface area contributed by atoms with Crippen LogP contribution >= 0.6 is 0 Å². The third-order valence-corrected chi connectivity index (χ3v) is 3.91. The SMILES string of the molecule is CNC(=O)c1ccc(Nc2cnccn2)nc1NC(C)c1ccc(F)cc1. The van der Waals surface area contributed by atoms with Crippen molar-refractivity contribution in [2.75, 3.05) is 17.7 Å². The van der Waals surface area contributed by atoms with E-state index < -0.39 is 0 Å². The van der Waals surface area contributed by atoms with Gasteiger partial charge >= 0.3 is 0 Å². The van der Waals surface area contributed by atoms with Gasteiger partial charge in [-0.25, -0.2) is 14.4 Å². The molecule has 0 saturated carbocycles. The summed E-state index contributed by atoms with van der Waals surface area (Å²) in [5.74, 6) is 0.889. The van der Waals surface area contributed by atoms with Gasteiger partial charge in [0.05, 0.1) is 11.8 Å². The lowest BCUT2D eigenvalue weighted by Gasteiger charge is -2.18. The third kappa shape index (κ3) is 4.55. The van der Waals surface area contributed by atoms with Crippen LogP contribution < -0.4 is 16.0 Å². The van der Waals surface area contributed by atoms with E-state index in [1.54, 1.807) is 49.9 Å². The predicted octanol–water partition coefficient (Wildman–Crippen LogP) is 3.29. The second kappa shape index (κ2) is 8.22. The van der Waals surface area contributed by atoms with Crippen LogP contribution in [0.5, 0.6) is 0 Å². The van der Waals surface area contributed by atoms with E-state index in [-0.39, 0.29) is 17.8 Å². The van der Waals surface area contributed by atoms with E-state index in [0.29, 0.717) is 23.0 Å². The van der Waals surface area contributed by atoms with E-state index in [9.17, 15) is 9.18 Å². The summed E-state index contributed by atoms with van der Waals surface area (Å²) in [6, 6.07) is 9.34. The second-order valence-corrected chi connectivity index (χ2v) is 5.81. The summed E-state index contributed by atoms with van der Waals surface area (Å²) in [4.78, 5) is 24.8. The number of aromatic nitrogens is 3. The maximum absolute atomic E-state index is 13.1. The summed E-state index contributed by atoms with van der Waals surface area (Å²) in [6.45, 7) is 1.91. The second-order valence-electron chi connectivity index (χ2n) is 5.81. The molecule has 0 spiro atoms. The summed E-state index contributed by atoms with van der Waals surface area (Å²) in [5, 5.41) is 8.86. The number of amides is 1. The first-order chi connectivity index (χ1) is 13.1. The number of rotatable bonds is 6. The van der Waals surface area contributed by atoms with E-state index >= 15 is 0 Å². The van der Waals surface area contributed by atoms with Gasteiger partial charge in [0.25, 0.3) is 5.91 Å². The number of hydrogen-bond acceptors (Lipinski definition) is 6. The van der Waals surface area contributed by atoms with Crippen molar-refractivity contribution in [3.05, 3.63) is 71.9 Å². The zero-order valence-electron chi connectivity index (χ0n) is 14.9. The molecule has 138 valence electrons. The summed E-state index contributed by atoms with van der Waals surface area (Å²) >= 11 is 0. The number of carbonyl (C=O) groups is 1. The highest BCUT2D eigenvalue weighted by Gasteiger charge is 2.16. The molecule has 0 aliphatic heterocycles. The molecule has 0 aliphatic carbocycles. The zero-order valence-corrected chi connectivity index (χ0v) is 14.9. The molecule has 0 saturated heterocycles. The van der Waals surface area contributed by atoms with Gasteiger partial charge in [-0.1, -0.05) is 12.1 Å². The van der Waals surface area contributed by atoms with E-state index in [2.05, 4.69) is 30.9 Å². The molecule has 27 heavy (non-hydrogen) atoms. The minimum Gasteiger partial charge on any atom is -0.363 e. The molecule has 2 aromatic heterocycles. The molecule has 0 radical (unpaired) electrons. The smallest absolute Gasteiger partial charge is 0.254 e. The van der Waals surface area contributed by atoms with Crippen LogP contribution in [0.3, 0.4) is 0 Å². The molecule has 7 nitrogen and oxygen atoms in total. The first-order valence-electron chi connectivity index (χ1n) is 8.35. The van der Waals surface area contributed by atoms with Gasteiger partial charge in [-0.05, 0) is 36.8 Å². The number of hydrogen-bond donors (Lipinski definition) is 3. The number of anilines is 3. The third-order valence-electron chi connectivity index (χ3n) is 3.91. The molecule has 3 rings (SSSR count). The van der Waals surface area contributed by atoms with Gasteiger partial charge in [0, 0.05) is 25.5 Å². The molecule has 1 aromatic carbocycles. The standard InChI is InChI=1S/C19H19FN6O/c1-12(13-3-5-14(20)6-4-13)24-18-15(19(27)21-2)7-8-16(26-18)25-17-11-22-9-10-23-17/h3-12H,1-2H3,(H,21,27)(H2,23,24,25,26). The van der Waals surface area contributed by atoms with E-state index in [0.717, 1.165) is 5.56 Å². The number of pyridine rings is 1. The Kier molecular flexibility index (Phi) is 5.55. The number of halogens is 1. The van der Waals surface area contributed by atoms with E-state index in [1.165, 1.54) is 12.1 Å². The maximum atomic E-state index is 13.1. The van der Waals surface area contributed by atoms with Crippen molar-refractivity contribution < 1.29 is 9.18 Å². The molecule has 0 aliphatic rings.